The van der Waals surface area contributed by atoms with Crippen LogP contribution in [0.15, 0.2) is 66.4 Å². The van der Waals surface area contributed by atoms with E-state index in [4.69, 9.17) is 0 Å². The van der Waals surface area contributed by atoms with E-state index in [0.717, 1.165) is 26.3 Å². The van der Waals surface area contributed by atoms with Crippen molar-refractivity contribution in [3.63, 3.8) is 0 Å². The van der Waals surface area contributed by atoms with Gasteiger partial charge in [0.25, 0.3) is 11.1 Å². The molecule has 0 spiro atoms. The summed E-state index contributed by atoms with van der Waals surface area (Å²) in [6, 6.07) is 13.2. The molecule has 0 bridgehead atoms. The molecule has 204 valence electrons. The molecule has 0 aliphatic rings. The monoisotopic (exact) mass is 627 g/mol. The van der Waals surface area contributed by atoms with Crippen LogP contribution in [0.4, 0.5) is 11.6 Å². The van der Waals surface area contributed by atoms with Gasteiger partial charge in [0.15, 0.2) is 11.6 Å². The number of aromatic amines is 1. The minimum atomic E-state index is -0.0795. The summed E-state index contributed by atoms with van der Waals surface area (Å²) in [7, 11) is 0. The second kappa shape index (κ2) is 12.0. The Labute approximate surface area is 243 Å². The number of H-pyrrole nitrogens is 1. The van der Waals surface area contributed by atoms with Crippen LogP contribution in [0.1, 0.15) is 45.5 Å². The highest BCUT2D eigenvalue weighted by Gasteiger charge is 2.14. The molecule has 39 heavy (non-hydrogen) atoms. The molecule has 0 fully saturated rings. The van der Waals surface area contributed by atoms with Crippen LogP contribution in [-0.2, 0) is 0 Å². The molecule has 12 heteroatoms. The Morgan fingerprint density at radius 1 is 0.897 bits per heavy atom. The first-order valence-electron chi connectivity index (χ1n) is 12.3. The third-order valence-electron chi connectivity index (χ3n) is 5.92. The maximum absolute atomic E-state index is 12.7. The van der Waals surface area contributed by atoms with Crippen molar-refractivity contribution in [2.45, 2.75) is 56.5 Å². The lowest BCUT2D eigenvalue weighted by Crippen LogP contribution is -2.25. The molecule has 2 aromatic carbocycles. The van der Waals surface area contributed by atoms with Gasteiger partial charge in [-0.2, -0.15) is 15.3 Å². The largest absolute Gasteiger partial charge is 0.321 e. The molecule has 3 aromatic heterocycles. The number of aryl methyl sites for hydroxylation is 1. The van der Waals surface area contributed by atoms with E-state index in [9.17, 15) is 9.59 Å². The van der Waals surface area contributed by atoms with E-state index in [1.54, 1.807) is 17.8 Å². The second-order valence-electron chi connectivity index (χ2n) is 9.53. The van der Waals surface area contributed by atoms with E-state index in [-0.39, 0.29) is 23.2 Å². The first kappa shape index (κ1) is 28.9. The van der Waals surface area contributed by atoms with Crippen LogP contribution in [0.25, 0.3) is 21.5 Å². The predicted octanol–water partition coefficient (Wildman–Crippen LogP) is 6.50. The lowest BCUT2D eigenvalue weighted by Gasteiger charge is -2.14. The summed E-state index contributed by atoms with van der Waals surface area (Å²) < 4.78 is 3.66. The van der Waals surface area contributed by atoms with Gasteiger partial charge in [0.1, 0.15) is 4.60 Å². The Bertz CT molecular complexity index is 1780. The molecule has 0 atom stereocenters. The van der Waals surface area contributed by atoms with Crippen LogP contribution in [0.5, 0.6) is 0 Å². The minimum Gasteiger partial charge on any atom is -0.321 e. The van der Waals surface area contributed by atoms with E-state index in [1.807, 2.05) is 77.3 Å². The van der Waals surface area contributed by atoms with Crippen LogP contribution in [0.3, 0.4) is 0 Å². The Morgan fingerprint density at radius 2 is 1.51 bits per heavy atom. The number of fused-ring (bicyclic) bond motifs is 2. The maximum atomic E-state index is 12.7. The lowest BCUT2D eigenvalue weighted by atomic mass is 10.2. The number of nitrogens with zero attached hydrogens (tertiary/aromatic N) is 5. The molecule has 9 nitrogen and oxygen atoms in total. The number of rotatable bonds is 5. The highest BCUT2D eigenvalue weighted by molar-refractivity contribution is 9.10. The third kappa shape index (κ3) is 6.23. The Balaban J connectivity index is 0.000000193. The number of aromatic nitrogens is 6. The predicted molar refractivity (Wildman–Crippen MR) is 166 cm³/mol. The van der Waals surface area contributed by atoms with E-state index in [1.165, 1.54) is 9.36 Å². The van der Waals surface area contributed by atoms with Gasteiger partial charge in [-0.3, -0.25) is 14.7 Å². The third-order valence-corrected chi connectivity index (χ3v) is 7.51. The summed E-state index contributed by atoms with van der Waals surface area (Å²) in [5, 5.41) is 21.9. The Morgan fingerprint density at radius 3 is 2.10 bits per heavy atom. The summed E-state index contributed by atoms with van der Waals surface area (Å²) in [6.45, 7) is 9.68. The number of thiol groups is 1. The molecule has 5 aromatic rings. The van der Waals surface area contributed by atoms with Crippen molar-refractivity contribution >= 4 is 73.5 Å². The van der Waals surface area contributed by atoms with Crippen molar-refractivity contribution in [2.24, 2.45) is 0 Å². The molecule has 0 saturated heterocycles. The van der Waals surface area contributed by atoms with Crippen molar-refractivity contribution in [1.82, 2.24) is 29.8 Å². The number of anilines is 2. The topological polar surface area (TPSA) is 110 Å². The van der Waals surface area contributed by atoms with Crippen LogP contribution in [0.2, 0.25) is 0 Å². The first-order chi connectivity index (χ1) is 18.5. The molecule has 2 N–H and O–H groups in total. The molecule has 0 aliphatic carbocycles. The van der Waals surface area contributed by atoms with Crippen LogP contribution < -0.4 is 16.4 Å². The molecule has 0 aliphatic heterocycles. The maximum Gasteiger partial charge on any atom is 0.275 e. The molecule has 0 radical (unpaired) electrons. The number of hydrogen-bond acceptors (Lipinski definition) is 8. The van der Waals surface area contributed by atoms with Crippen LogP contribution in [0, 0.1) is 6.92 Å². The van der Waals surface area contributed by atoms with Gasteiger partial charge in [-0.1, -0.05) is 6.07 Å². The first-order valence-corrected chi connectivity index (χ1v) is 14.8. The molecule has 0 amide bonds. The average Bonchev–Trinajstić information content (AvgIpc) is 3.31. The Hall–Kier alpha value is -3.09. The smallest absolute Gasteiger partial charge is 0.275 e. The molecule has 5 rings (SSSR count). The second-order valence-corrected chi connectivity index (χ2v) is 11.7. The molecular formula is C27H30BrN7O2S2. The zero-order valence-electron chi connectivity index (χ0n) is 22.5. The number of benzene rings is 2. The summed E-state index contributed by atoms with van der Waals surface area (Å²) in [4.78, 5) is 26.6. The fourth-order valence-electron chi connectivity index (χ4n) is 3.97. The highest BCUT2D eigenvalue weighted by atomic mass is 79.9. The summed E-state index contributed by atoms with van der Waals surface area (Å²) >= 11 is 9.24. The number of halogens is 1. The minimum absolute atomic E-state index is 0.0219. The van der Waals surface area contributed by atoms with Gasteiger partial charge >= 0.3 is 0 Å². The van der Waals surface area contributed by atoms with E-state index < -0.39 is 0 Å². The highest BCUT2D eigenvalue weighted by Crippen LogP contribution is 2.26. The fourth-order valence-corrected chi connectivity index (χ4v) is 5.13. The Kier molecular flexibility index (Phi) is 8.87. The van der Waals surface area contributed by atoms with E-state index in [0.29, 0.717) is 27.0 Å². The fraction of sp³-hybridized carbons (Fsp3) is 0.296. The SMILES string of the molecule is CC(C)n1nc(Br)c2ccc(S)cc2c1=O.CSc1ccc2c(Nc3cc(C)[nH]n3)nn(C(C)C)c(=O)c2c1. The van der Waals surface area contributed by atoms with Crippen molar-refractivity contribution in [3.8, 4) is 0 Å². The molecule has 0 unspecified atom stereocenters. The van der Waals surface area contributed by atoms with Gasteiger partial charge in [0, 0.05) is 32.3 Å². The molecule has 3 heterocycles. The van der Waals surface area contributed by atoms with Crippen molar-refractivity contribution in [1.29, 1.82) is 0 Å². The average molecular weight is 629 g/mol. The van der Waals surface area contributed by atoms with Gasteiger partial charge < -0.3 is 5.32 Å². The van der Waals surface area contributed by atoms with Gasteiger partial charge in [-0.05, 0) is 87.1 Å². The van der Waals surface area contributed by atoms with Gasteiger partial charge in [0.2, 0.25) is 0 Å². The normalized spacial score (nSPS) is 11.3. The van der Waals surface area contributed by atoms with Crippen molar-refractivity contribution < 1.29 is 0 Å². The van der Waals surface area contributed by atoms with E-state index in [2.05, 4.69) is 54.3 Å². The summed E-state index contributed by atoms with van der Waals surface area (Å²) in [6.07, 6.45) is 2.00. The number of nitrogens with one attached hydrogen (secondary N) is 2. The van der Waals surface area contributed by atoms with Crippen LogP contribution in [-0.4, -0.2) is 36.0 Å². The van der Waals surface area contributed by atoms with E-state index >= 15 is 0 Å². The standard InChI is InChI=1S/C16H19N5OS.C11H11BrN2OS/c1-9(2)21-16(22)13-8-11(23-4)5-6-12(13)15(20-21)17-14-7-10(3)18-19-14;1-6(2)14-11(15)9-5-7(16)3-4-8(9)10(12)13-14/h5-9H,1-4H3,(H2,17,18,19,20);3-6,16H,1-2H3. The van der Waals surface area contributed by atoms with Gasteiger partial charge in [-0.25, -0.2) is 9.36 Å². The van der Waals surface area contributed by atoms with Crippen molar-refractivity contribution in [2.75, 3.05) is 11.6 Å². The molecule has 0 saturated carbocycles. The number of thioether (sulfide) groups is 1. The summed E-state index contributed by atoms with van der Waals surface area (Å²) in [5.74, 6) is 1.31. The molecular weight excluding hydrogens is 598 g/mol. The quantitative estimate of drug-likeness (QED) is 0.151. The zero-order chi connectivity index (χ0) is 28.4. The van der Waals surface area contributed by atoms with Crippen LogP contribution >= 0.6 is 40.3 Å². The zero-order valence-corrected chi connectivity index (χ0v) is 25.8. The van der Waals surface area contributed by atoms with Gasteiger partial charge in [0.05, 0.1) is 22.9 Å². The number of hydrogen-bond donors (Lipinski definition) is 3. The lowest BCUT2D eigenvalue weighted by molar-refractivity contribution is 0.503. The summed E-state index contributed by atoms with van der Waals surface area (Å²) in [5.41, 5.74) is 0.803. The van der Waals surface area contributed by atoms with Crippen molar-refractivity contribution in [3.05, 3.63) is 73.5 Å². The van der Waals surface area contributed by atoms with Gasteiger partial charge in [-0.15, -0.1) is 24.4 Å².